The summed E-state index contributed by atoms with van der Waals surface area (Å²) in [6.07, 6.45) is 0. The van der Waals surface area contributed by atoms with Gasteiger partial charge in [-0.15, -0.1) is 11.3 Å². The van der Waals surface area contributed by atoms with Crippen LogP contribution in [0.2, 0.25) is 0 Å². The summed E-state index contributed by atoms with van der Waals surface area (Å²) in [6, 6.07) is 3.57. The topological polar surface area (TPSA) is 62.5 Å². The van der Waals surface area contributed by atoms with Crippen LogP contribution in [0, 0.1) is 6.92 Å². The molecule has 2 heterocycles. The molecule has 0 aromatic carbocycles. The summed E-state index contributed by atoms with van der Waals surface area (Å²) in [7, 11) is 0. The molecule has 2 N–H and O–H groups in total. The second-order valence-electron chi connectivity index (χ2n) is 3.79. The van der Waals surface area contributed by atoms with E-state index in [2.05, 4.69) is 21.2 Å². The number of hydrogen-bond acceptors (Lipinski definition) is 4. The van der Waals surface area contributed by atoms with Crippen LogP contribution in [0.5, 0.6) is 0 Å². The molecule has 96 valence electrons. The molecule has 2 aromatic heterocycles. The number of aryl methyl sites for hydroxylation is 1. The molecule has 0 fully saturated rings. The summed E-state index contributed by atoms with van der Waals surface area (Å²) in [4.78, 5) is 12.0. The molecule has 0 aliphatic carbocycles. The Labute approximate surface area is 117 Å². The van der Waals surface area contributed by atoms with Gasteiger partial charge in [0.15, 0.2) is 0 Å². The van der Waals surface area contributed by atoms with Crippen molar-refractivity contribution in [3.8, 4) is 0 Å². The molecule has 0 aliphatic heterocycles. The van der Waals surface area contributed by atoms with Gasteiger partial charge in [0, 0.05) is 28.0 Å². The first-order chi connectivity index (χ1) is 8.58. The Morgan fingerprint density at radius 2 is 2.33 bits per heavy atom. The van der Waals surface area contributed by atoms with Crippen LogP contribution in [0.1, 0.15) is 26.8 Å². The number of halogens is 1. The van der Waals surface area contributed by atoms with Crippen LogP contribution in [0.3, 0.4) is 0 Å². The number of aromatic carboxylic acids is 1. The van der Waals surface area contributed by atoms with Crippen LogP contribution in [-0.4, -0.2) is 11.1 Å². The molecule has 0 saturated heterocycles. The van der Waals surface area contributed by atoms with E-state index in [0.29, 0.717) is 12.3 Å². The molecular weight excluding hydrogens is 318 g/mol. The molecule has 0 spiro atoms. The van der Waals surface area contributed by atoms with E-state index in [1.165, 1.54) is 4.88 Å². The van der Waals surface area contributed by atoms with Crippen molar-refractivity contribution in [2.45, 2.75) is 20.0 Å². The van der Waals surface area contributed by atoms with Gasteiger partial charge in [0.05, 0.1) is 0 Å². The molecular formula is C12H12BrNO3S. The lowest BCUT2D eigenvalue weighted by atomic mass is 10.2. The number of thiophene rings is 1. The molecule has 0 bridgehead atoms. The highest BCUT2D eigenvalue weighted by Crippen LogP contribution is 2.22. The fraction of sp³-hybridized carbons (Fsp3) is 0.250. The van der Waals surface area contributed by atoms with Crippen molar-refractivity contribution in [1.82, 2.24) is 5.32 Å². The van der Waals surface area contributed by atoms with Gasteiger partial charge in [-0.25, -0.2) is 4.79 Å². The molecule has 0 amide bonds. The highest BCUT2D eigenvalue weighted by atomic mass is 79.9. The average Bonchev–Trinajstić information content (AvgIpc) is 2.87. The van der Waals surface area contributed by atoms with Gasteiger partial charge in [-0.1, -0.05) is 0 Å². The van der Waals surface area contributed by atoms with Crippen LogP contribution >= 0.6 is 27.3 Å². The van der Waals surface area contributed by atoms with Crippen LogP contribution in [0.25, 0.3) is 0 Å². The van der Waals surface area contributed by atoms with Crippen molar-refractivity contribution in [1.29, 1.82) is 0 Å². The molecule has 6 heteroatoms. The zero-order valence-corrected chi connectivity index (χ0v) is 12.1. The Bertz CT molecular complexity index is 561. The largest absolute Gasteiger partial charge is 0.475 e. The number of carboxylic acid groups (broad SMARTS) is 1. The average molecular weight is 330 g/mol. The van der Waals surface area contributed by atoms with Crippen LogP contribution < -0.4 is 5.32 Å². The van der Waals surface area contributed by atoms with Crippen LogP contribution in [0.4, 0.5) is 0 Å². The number of carbonyl (C=O) groups is 1. The smallest absolute Gasteiger partial charge is 0.371 e. The van der Waals surface area contributed by atoms with E-state index in [1.807, 2.05) is 11.4 Å². The quantitative estimate of drug-likeness (QED) is 0.882. The van der Waals surface area contributed by atoms with Crippen molar-refractivity contribution < 1.29 is 14.3 Å². The third-order valence-electron chi connectivity index (χ3n) is 2.52. The van der Waals surface area contributed by atoms with E-state index in [1.54, 1.807) is 24.3 Å². The molecule has 18 heavy (non-hydrogen) atoms. The van der Waals surface area contributed by atoms with Gasteiger partial charge < -0.3 is 14.8 Å². The first-order valence-electron chi connectivity index (χ1n) is 5.33. The zero-order chi connectivity index (χ0) is 13.1. The summed E-state index contributed by atoms with van der Waals surface area (Å²) < 4.78 is 6.23. The first kappa shape index (κ1) is 13.3. The summed E-state index contributed by atoms with van der Waals surface area (Å²) in [5.74, 6) is -0.405. The molecule has 2 aromatic rings. The number of rotatable bonds is 5. The molecule has 0 radical (unpaired) electrons. The van der Waals surface area contributed by atoms with Crippen LogP contribution in [0.15, 0.2) is 26.4 Å². The lowest BCUT2D eigenvalue weighted by molar-refractivity contribution is 0.0661. The maximum atomic E-state index is 10.8. The Morgan fingerprint density at radius 3 is 2.89 bits per heavy atom. The molecule has 2 rings (SSSR count). The van der Waals surface area contributed by atoms with Crippen molar-refractivity contribution in [3.05, 3.63) is 43.9 Å². The molecule has 0 aliphatic rings. The number of furan rings is 1. The summed E-state index contributed by atoms with van der Waals surface area (Å²) >= 11 is 5.14. The Kier molecular flexibility index (Phi) is 4.21. The lowest BCUT2D eigenvalue weighted by Crippen LogP contribution is -2.12. The molecule has 4 nitrogen and oxygen atoms in total. The van der Waals surface area contributed by atoms with Gasteiger partial charge >= 0.3 is 5.97 Å². The normalized spacial score (nSPS) is 10.8. The Morgan fingerprint density at radius 1 is 1.56 bits per heavy atom. The van der Waals surface area contributed by atoms with E-state index in [4.69, 9.17) is 9.52 Å². The molecule has 0 saturated carbocycles. The van der Waals surface area contributed by atoms with Gasteiger partial charge in [-0.05, 0) is 40.4 Å². The predicted octanol–water partition coefficient (Wildman–Crippen LogP) is 3.40. The van der Waals surface area contributed by atoms with E-state index in [0.717, 1.165) is 16.6 Å². The maximum Gasteiger partial charge on any atom is 0.371 e. The van der Waals surface area contributed by atoms with E-state index in [9.17, 15) is 4.79 Å². The fourth-order valence-corrected chi connectivity index (χ4v) is 3.02. The van der Waals surface area contributed by atoms with Gasteiger partial charge in [-0.2, -0.15) is 0 Å². The van der Waals surface area contributed by atoms with Gasteiger partial charge in [0.1, 0.15) is 5.76 Å². The maximum absolute atomic E-state index is 10.8. The second kappa shape index (κ2) is 5.69. The lowest BCUT2D eigenvalue weighted by Gasteiger charge is -2.02. The Hall–Kier alpha value is -1.11. The highest BCUT2D eigenvalue weighted by Gasteiger charge is 2.12. The van der Waals surface area contributed by atoms with E-state index < -0.39 is 5.97 Å². The van der Waals surface area contributed by atoms with Crippen molar-refractivity contribution in [3.63, 3.8) is 0 Å². The highest BCUT2D eigenvalue weighted by molar-refractivity contribution is 9.10. The van der Waals surface area contributed by atoms with Gasteiger partial charge in [0.25, 0.3) is 0 Å². The molecule has 0 unspecified atom stereocenters. The minimum absolute atomic E-state index is 0.0124. The number of nitrogens with one attached hydrogen (secondary N) is 1. The third kappa shape index (κ3) is 3.01. The minimum atomic E-state index is -1.04. The van der Waals surface area contributed by atoms with Crippen molar-refractivity contribution in [2.75, 3.05) is 0 Å². The van der Waals surface area contributed by atoms with Gasteiger partial charge in [-0.3, -0.25) is 0 Å². The molecule has 0 atom stereocenters. The second-order valence-corrected chi connectivity index (χ2v) is 5.65. The van der Waals surface area contributed by atoms with Crippen LogP contribution in [-0.2, 0) is 13.1 Å². The first-order valence-corrected chi connectivity index (χ1v) is 7.00. The predicted molar refractivity (Wildman–Crippen MR) is 73.0 cm³/mol. The monoisotopic (exact) mass is 329 g/mol. The van der Waals surface area contributed by atoms with E-state index >= 15 is 0 Å². The van der Waals surface area contributed by atoms with Crippen molar-refractivity contribution >= 4 is 33.2 Å². The van der Waals surface area contributed by atoms with E-state index in [-0.39, 0.29) is 5.76 Å². The van der Waals surface area contributed by atoms with Crippen molar-refractivity contribution in [2.24, 2.45) is 0 Å². The number of carboxylic acids is 1. The third-order valence-corrected chi connectivity index (χ3v) is 4.45. The fourth-order valence-electron chi connectivity index (χ4n) is 1.56. The standard InChI is InChI=1S/C12H12BrNO3S/c1-7-8(4-10(17-7)12(15)16)5-14-6-11-9(13)2-3-18-11/h2-4,14H,5-6H2,1H3,(H,15,16). The SMILES string of the molecule is Cc1oc(C(=O)O)cc1CNCc1sccc1Br. The minimum Gasteiger partial charge on any atom is -0.475 e. The number of hydrogen-bond donors (Lipinski definition) is 2. The summed E-state index contributed by atoms with van der Waals surface area (Å²) in [5, 5.41) is 14.1. The summed E-state index contributed by atoms with van der Waals surface area (Å²) in [5.41, 5.74) is 0.875. The Balaban J connectivity index is 1.94. The summed E-state index contributed by atoms with van der Waals surface area (Å²) in [6.45, 7) is 3.10. The zero-order valence-electron chi connectivity index (χ0n) is 9.70. The van der Waals surface area contributed by atoms with Gasteiger partial charge in [0.2, 0.25) is 5.76 Å².